The van der Waals surface area contributed by atoms with E-state index in [4.69, 9.17) is 11.6 Å². The van der Waals surface area contributed by atoms with Gasteiger partial charge in [0.25, 0.3) is 5.91 Å². The fourth-order valence-corrected chi connectivity index (χ4v) is 3.02. The van der Waals surface area contributed by atoms with Gasteiger partial charge in [-0.25, -0.2) is 4.98 Å². The van der Waals surface area contributed by atoms with E-state index in [2.05, 4.69) is 25.8 Å². The number of pyridine rings is 1. The van der Waals surface area contributed by atoms with E-state index in [0.717, 1.165) is 25.9 Å². The van der Waals surface area contributed by atoms with Crippen LogP contribution in [0.1, 0.15) is 50.5 Å². The minimum Gasteiger partial charge on any atom is -0.337 e. The second kappa shape index (κ2) is 6.13. The van der Waals surface area contributed by atoms with Crippen LogP contribution in [-0.4, -0.2) is 28.9 Å². The van der Waals surface area contributed by atoms with Gasteiger partial charge in [-0.05, 0) is 42.7 Å². The molecule has 3 nitrogen and oxygen atoms in total. The number of halogens is 1. The number of likely N-dealkylation sites (tertiary alicyclic amines) is 1. The Morgan fingerprint density at radius 3 is 2.70 bits per heavy atom. The number of amides is 1. The van der Waals surface area contributed by atoms with E-state index in [-0.39, 0.29) is 5.91 Å². The highest BCUT2D eigenvalue weighted by molar-refractivity contribution is 6.29. The van der Waals surface area contributed by atoms with Crippen molar-refractivity contribution in [3.8, 4) is 0 Å². The van der Waals surface area contributed by atoms with Crippen LogP contribution in [0.5, 0.6) is 0 Å². The van der Waals surface area contributed by atoms with Gasteiger partial charge in [-0.3, -0.25) is 4.79 Å². The molecule has 1 aliphatic heterocycles. The molecule has 1 aromatic rings. The van der Waals surface area contributed by atoms with E-state index >= 15 is 0 Å². The molecule has 1 amide bonds. The zero-order chi connectivity index (χ0) is 14.8. The summed E-state index contributed by atoms with van der Waals surface area (Å²) in [5.74, 6) is 0.676. The number of aromatic nitrogens is 1. The minimum atomic E-state index is 0.00191. The predicted molar refractivity (Wildman–Crippen MR) is 81.9 cm³/mol. The molecule has 0 aliphatic carbocycles. The molecule has 110 valence electrons. The van der Waals surface area contributed by atoms with Gasteiger partial charge >= 0.3 is 0 Å². The van der Waals surface area contributed by atoms with Gasteiger partial charge in [0.15, 0.2) is 0 Å². The number of hydrogen-bond acceptors (Lipinski definition) is 2. The molecule has 20 heavy (non-hydrogen) atoms. The Labute approximate surface area is 126 Å². The average Bonchev–Trinajstić information content (AvgIpc) is 2.63. The molecule has 0 saturated carbocycles. The molecule has 2 heterocycles. The Bertz CT molecular complexity index is 482. The molecule has 0 radical (unpaired) electrons. The molecule has 0 bridgehead atoms. The number of nitrogens with zero attached hydrogens (tertiary/aromatic N) is 2. The molecule has 1 unspecified atom stereocenters. The van der Waals surface area contributed by atoms with Crippen molar-refractivity contribution in [2.45, 2.75) is 40.0 Å². The topological polar surface area (TPSA) is 33.2 Å². The van der Waals surface area contributed by atoms with Crippen molar-refractivity contribution in [3.63, 3.8) is 0 Å². The third kappa shape index (κ3) is 3.72. The lowest BCUT2D eigenvalue weighted by molar-refractivity contribution is 0.0750. The Balaban J connectivity index is 2.05. The van der Waals surface area contributed by atoms with Crippen LogP contribution in [0.3, 0.4) is 0 Å². The predicted octanol–water partition coefficient (Wildman–Crippen LogP) is 4.02. The second-order valence-electron chi connectivity index (χ2n) is 6.63. The van der Waals surface area contributed by atoms with Gasteiger partial charge in [-0.2, -0.15) is 0 Å². The molecule has 4 heteroatoms. The minimum absolute atomic E-state index is 0.00191. The van der Waals surface area contributed by atoms with Gasteiger partial charge in [0.2, 0.25) is 0 Å². The van der Waals surface area contributed by atoms with Crippen molar-refractivity contribution in [2.24, 2.45) is 11.3 Å². The molecule has 0 N–H and O–H groups in total. The van der Waals surface area contributed by atoms with E-state index in [0.29, 0.717) is 22.2 Å². The Kier molecular flexibility index (Phi) is 4.69. The highest BCUT2D eigenvalue weighted by Crippen LogP contribution is 2.34. The average molecular weight is 295 g/mol. The normalized spacial score (nSPS) is 20.6. The maximum Gasteiger partial charge on any atom is 0.272 e. The molecule has 1 aliphatic rings. The van der Waals surface area contributed by atoms with Gasteiger partial charge in [0, 0.05) is 13.1 Å². The molecule has 0 aromatic carbocycles. The van der Waals surface area contributed by atoms with Crippen molar-refractivity contribution >= 4 is 17.5 Å². The summed E-state index contributed by atoms with van der Waals surface area (Å²) in [6.45, 7) is 8.49. The van der Waals surface area contributed by atoms with Crippen LogP contribution in [-0.2, 0) is 0 Å². The van der Waals surface area contributed by atoms with Crippen LogP contribution in [0.4, 0.5) is 0 Å². The maximum absolute atomic E-state index is 12.5. The zero-order valence-corrected chi connectivity index (χ0v) is 13.3. The molecular weight excluding hydrogens is 272 g/mol. The van der Waals surface area contributed by atoms with E-state index in [9.17, 15) is 4.79 Å². The van der Waals surface area contributed by atoms with Crippen molar-refractivity contribution in [3.05, 3.63) is 29.0 Å². The summed E-state index contributed by atoms with van der Waals surface area (Å²) in [4.78, 5) is 18.5. The summed E-state index contributed by atoms with van der Waals surface area (Å²) in [5, 5.41) is 0.373. The highest BCUT2D eigenvalue weighted by Gasteiger charge is 2.29. The maximum atomic E-state index is 12.5. The third-order valence-corrected chi connectivity index (χ3v) is 4.38. The SMILES string of the molecule is CC(C)(C)C1CCCN(C(=O)c2cccc(Cl)n2)CC1. The van der Waals surface area contributed by atoms with Gasteiger partial charge in [-0.1, -0.05) is 38.4 Å². The summed E-state index contributed by atoms with van der Waals surface area (Å²) in [5.41, 5.74) is 0.764. The molecule has 1 saturated heterocycles. The Morgan fingerprint density at radius 2 is 2.05 bits per heavy atom. The summed E-state index contributed by atoms with van der Waals surface area (Å²) < 4.78 is 0. The number of carbonyl (C=O) groups is 1. The van der Waals surface area contributed by atoms with Crippen molar-refractivity contribution < 1.29 is 4.79 Å². The van der Waals surface area contributed by atoms with E-state index in [1.165, 1.54) is 6.42 Å². The smallest absolute Gasteiger partial charge is 0.272 e. The highest BCUT2D eigenvalue weighted by atomic mass is 35.5. The van der Waals surface area contributed by atoms with Crippen LogP contribution >= 0.6 is 11.6 Å². The molecule has 2 rings (SSSR count). The lowest BCUT2D eigenvalue weighted by atomic mass is 9.77. The molecule has 1 atom stereocenters. The lowest BCUT2D eigenvalue weighted by Crippen LogP contribution is -2.33. The van der Waals surface area contributed by atoms with Gasteiger partial charge in [0.1, 0.15) is 10.8 Å². The van der Waals surface area contributed by atoms with E-state index in [1.54, 1.807) is 18.2 Å². The van der Waals surface area contributed by atoms with Gasteiger partial charge in [0.05, 0.1) is 0 Å². The zero-order valence-electron chi connectivity index (χ0n) is 12.5. The van der Waals surface area contributed by atoms with Crippen LogP contribution in [0, 0.1) is 11.3 Å². The van der Waals surface area contributed by atoms with E-state index < -0.39 is 0 Å². The molecule has 0 spiro atoms. The number of rotatable bonds is 1. The largest absolute Gasteiger partial charge is 0.337 e. The second-order valence-corrected chi connectivity index (χ2v) is 7.02. The summed E-state index contributed by atoms with van der Waals surface area (Å²) in [6.07, 6.45) is 3.32. The standard InChI is InChI=1S/C16H23ClN2O/c1-16(2,3)12-6-5-10-19(11-9-12)15(20)13-7-4-8-14(17)18-13/h4,7-8,12H,5-6,9-11H2,1-3H3. The first-order chi connectivity index (χ1) is 9.38. The van der Waals surface area contributed by atoms with Crippen LogP contribution in [0.25, 0.3) is 0 Å². The first-order valence-corrected chi connectivity index (χ1v) is 7.67. The van der Waals surface area contributed by atoms with E-state index in [1.807, 2.05) is 4.90 Å². The molecule has 1 fully saturated rings. The monoisotopic (exact) mass is 294 g/mol. The Hall–Kier alpha value is -1.09. The summed E-state index contributed by atoms with van der Waals surface area (Å²) in [6, 6.07) is 5.20. The molecular formula is C16H23ClN2O. The van der Waals surface area contributed by atoms with Crippen molar-refractivity contribution in [2.75, 3.05) is 13.1 Å². The number of hydrogen-bond donors (Lipinski definition) is 0. The fraction of sp³-hybridized carbons (Fsp3) is 0.625. The molecule has 1 aromatic heterocycles. The first-order valence-electron chi connectivity index (χ1n) is 7.30. The lowest BCUT2D eigenvalue weighted by Gasteiger charge is -2.29. The quantitative estimate of drug-likeness (QED) is 0.733. The van der Waals surface area contributed by atoms with Gasteiger partial charge < -0.3 is 4.90 Å². The van der Waals surface area contributed by atoms with Gasteiger partial charge in [-0.15, -0.1) is 0 Å². The van der Waals surface area contributed by atoms with Crippen LogP contribution < -0.4 is 0 Å². The van der Waals surface area contributed by atoms with Crippen LogP contribution in [0.2, 0.25) is 5.15 Å². The first kappa shape index (κ1) is 15.3. The fourth-order valence-electron chi connectivity index (χ4n) is 2.85. The third-order valence-electron chi connectivity index (χ3n) is 4.17. The van der Waals surface area contributed by atoms with Crippen molar-refractivity contribution in [1.29, 1.82) is 0 Å². The Morgan fingerprint density at radius 1 is 1.30 bits per heavy atom. The summed E-state index contributed by atoms with van der Waals surface area (Å²) in [7, 11) is 0. The number of carbonyl (C=O) groups excluding carboxylic acids is 1. The summed E-state index contributed by atoms with van der Waals surface area (Å²) >= 11 is 5.86. The van der Waals surface area contributed by atoms with Crippen LogP contribution in [0.15, 0.2) is 18.2 Å². The van der Waals surface area contributed by atoms with Crippen molar-refractivity contribution in [1.82, 2.24) is 9.88 Å².